The molecule has 5 heteroatoms. The summed E-state index contributed by atoms with van der Waals surface area (Å²) in [6.07, 6.45) is 3.60. The van der Waals surface area contributed by atoms with Crippen LogP contribution in [-0.2, 0) is 0 Å². The highest BCUT2D eigenvalue weighted by Gasteiger charge is 2.46. The highest BCUT2D eigenvalue weighted by molar-refractivity contribution is 5.30. The molecular formula is C9H11FN4. The van der Waals surface area contributed by atoms with E-state index >= 15 is 0 Å². The van der Waals surface area contributed by atoms with Gasteiger partial charge in [0.15, 0.2) is 5.82 Å². The van der Waals surface area contributed by atoms with Crippen LogP contribution in [-0.4, -0.2) is 28.6 Å². The third-order valence-electron chi connectivity index (χ3n) is 3.06. The van der Waals surface area contributed by atoms with E-state index in [4.69, 9.17) is 0 Å². The van der Waals surface area contributed by atoms with Crippen molar-refractivity contribution in [3.05, 3.63) is 18.2 Å². The van der Waals surface area contributed by atoms with Gasteiger partial charge in [-0.3, -0.25) is 0 Å². The van der Waals surface area contributed by atoms with Crippen molar-refractivity contribution in [1.29, 1.82) is 0 Å². The van der Waals surface area contributed by atoms with Crippen LogP contribution >= 0.6 is 0 Å². The van der Waals surface area contributed by atoms with E-state index in [-0.39, 0.29) is 0 Å². The molecule has 14 heavy (non-hydrogen) atoms. The molecule has 0 radical (unpaired) electrons. The van der Waals surface area contributed by atoms with Crippen LogP contribution in [0, 0.1) is 11.7 Å². The Balaban J connectivity index is 1.70. The molecule has 2 saturated heterocycles. The number of nitrogens with zero attached hydrogens (tertiary/aromatic N) is 2. The number of rotatable bonds is 2. The van der Waals surface area contributed by atoms with Crippen molar-refractivity contribution >= 4 is 5.95 Å². The first kappa shape index (κ1) is 8.11. The molecule has 4 nitrogen and oxygen atoms in total. The maximum atomic E-state index is 12.5. The van der Waals surface area contributed by atoms with Gasteiger partial charge < -0.3 is 10.6 Å². The topological polar surface area (TPSA) is 49.8 Å². The molecule has 2 bridgehead atoms. The van der Waals surface area contributed by atoms with Crippen LogP contribution in [0.15, 0.2) is 12.4 Å². The average Bonchev–Trinajstić information content (AvgIpc) is 2.78. The van der Waals surface area contributed by atoms with Gasteiger partial charge >= 0.3 is 0 Å². The Kier molecular flexibility index (Phi) is 1.67. The second-order valence-electron chi connectivity index (χ2n) is 3.91. The van der Waals surface area contributed by atoms with E-state index < -0.39 is 5.82 Å². The van der Waals surface area contributed by atoms with Gasteiger partial charge in [-0.25, -0.2) is 14.4 Å². The first-order valence-corrected chi connectivity index (χ1v) is 4.80. The van der Waals surface area contributed by atoms with Crippen molar-refractivity contribution < 1.29 is 4.39 Å². The van der Waals surface area contributed by atoms with Crippen molar-refractivity contribution in [2.24, 2.45) is 5.92 Å². The lowest BCUT2D eigenvalue weighted by molar-refractivity contribution is 0.325. The molecule has 2 aliphatic heterocycles. The van der Waals surface area contributed by atoms with Gasteiger partial charge in [-0.05, 0) is 12.3 Å². The molecule has 4 rings (SSSR count). The van der Waals surface area contributed by atoms with Crippen LogP contribution in [0.5, 0.6) is 0 Å². The quantitative estimate of drug-likeness (QED) is 0.715. The molecule has 1 saturated carbocycles. The predicted molar refractivity (Wildman–Crippen MR) is 49.3 cm³/mol. The van der Waals surface area contributed by atoms with Gasteiger partial charge in [0.05, 0.1) is 12.4 Å². The maximum absolute atomic E-state index is 12.5. The van der Waals surface area contributed by atoms with Gasteiger partial charge in [0, 0.05) is 18.6 Å². The maximum Gasteiger partial charge on any atom is 0.223 e. The van der Waals surface area contributed by atoms with Gasteiger partial charge in [-0.2, -0.15) is 0 Å². The molecule has 3 fully saturated rings. The van der Waals surface area contributed by atoms with E-state index in [2.05, 4.69) is 20.6 Å². The standard InChI is InChI=1S/C9H11FN4/c10-6-3-12-9(13-4-6)14-8-5-1-7(8)11-2-5/h3-5,7-8,11H,1-2H2,(H,12,13,14). The van der Waals surface area contributed by atoms with E-state index in [1.165, 1.54) is 18.8 Å². The number of halogens is 1. The second kappa shape index (κ2) is 2.88. The molecule has 0 spiro atoms. The highest BCUT2D eigenvalue weighted by atomic mass is 19.1. The SMILES string of the molecule is Fc1cnc(NC2C3CNC2C3)nc1. The average molecular weight is 194 g/mol. The van der Waals surface area contributed by atoms with Gasteiger partial charge in [-0.1, -0.05) is 0 Å². The van der Waals surface area contributed by atoms with Crippen molar-refractivity contribution in [2.75, 3.05) is 11.9 Å². The summed E-state index contributed by atoms with van der Waals surface area (Å²) < 4.78 is 12.5. The number of anilines is 1. The third kappa shape index (κ3) is 1.16. The largest absolute Gasteiger partial charge is 0.350 e. The molecule has 1 aromatic rings. The molecule has 3 aliphatic rings. The molecule has 2 N–H and O–H groups in total. The van der Waals surface area contributed by atoms with E-state index in [0.717, 1.165) is 6.54 Å². The Labute approximate surface area is 80.9 Å². The van der Waals surface area contributed by atoms with E-state index in [9.17, 15) is 4.39 Å². The van der Waals surface area contributed by atoms with Crippen LogP contribution in [0.3, 0.4) is 0 Å². The normalized spacial score (nSPS) is 33.9. The molecule has 3 heterocycles. The third-order valence-corrected chi connectivity index (χ3v) is 3.06. The predicted octanol–water partition coefficient (Wildman–Crippen LogP) is 0.388. The zero-order valence-electron chi connectivity index (χ0n) is 7.57. The van der Waals surface area contributed by atoms with Crippen LogP contribution in [0.2, 0.25) is 0 Å². The number of aromatic nitrogens is 2. The molecular weight excluding hydrogens is 183 g/mol. The van der Waals surface area contributed by atoms with E-state index in [0.29, 0.717) is 23.9 Å². The summed E-state index contributed by atoms with van der Waals surface area (Å²) in [4.78, 5) is 7.74. The van der Waals surface area contributed by atoms with Crippen molar-refractivity contribution in [1.82, 2.24) is 15.3 Å². The minimum atomic E-state index is -0.398. The Morgan fingerprint density at radius 2 is 2.21 bits per heavy atom. The summed E-state index contributed by atoms with van der Waals surface area (Å²) >= 11 is 0. The van der Waals surface area contributed by atoms with Crippen molar-refractivity contribution in [3.8, 4) is 0 Å². The van der Waals surface area contributed by atoms with E-state index in [1.54, 1.807) is 0 Å². The fourth-order valence-corrected chi connectivity index (χ4v) is 2.23. The summed E-state index contributed by atoms with van der Waals surface area (Å²) in [5.41, 5.74) is 0. The summed E-state index contributed by atoms with van der Waals surface area (Å²) in [6, 6.07) is 0.981. The van der Waals surface area contributed by atoms with Crippen LogP contribution < -0.4 is 10.6 Å². The molecule has 0 amide bonds. The molecule has 74 valence electrons. The molecule has 3 atom stereocenters. The fraction of sp³-hybridized carbons (Fsp3) is 0.556. The lowest BCUT2D eigenvalue weighted by Crippen LogP contribution is -2.47. The summed E-state index contributed by atoms with van der Waals surface area (Å²) in [5, 5.41) is 6.60. The zero-order valence-corrected chi connectivity index (χ0v) is 7.57. The first-order chi connectivity index (χ1) is 6.83. The molecule has 1 aromatic heterocycles. The van der Waals surface area contributed by atoms with Gasteiger partial charge in [0.1, 0.15) is 0 Å². The number of nitrogens with one attached hydrogen (secondary N) is 2. The van der Waals surface area contributed by atoms with E-state index in [1.807, 2.05) is 0 Å². The summed E-state index contributed by atoms with van der Waals surface area (Å²) in [5.74, 6) is 0.814. The second-order valence-corrected chi connectivity index (χ2v) is 3.91. The Hall–Kier alpha value is -1.23. The minimum absolute atomic E-state index is 0.398. The number of hydrogen-bond donors (Lipinski definition) is 2. The van der Waals surface area contributed by atoms with Crippen LogP contribution in [0.1, 0.15) is 6.42 Å². The number of hydrogen-bond acceptors (Lipinski definition) is 4. The van der Waals surface area contributed by atoms with Crippen LogP contribution in [0.4, 0.5) is 10.3 Å². The summed E-state index contributed by atoms with van der Waals surface area (Å²) in [7, 11) is 0. The number of fused-ring (bicyclic) bond motifs is 1. The van der Waals surface area contributed by atoms with Gasteiger partial charge in [-0.15, -0.1) is 0 Å². The first-order valence-electron chi connectivity index (χ1n) is 4.80. The smallest absolute Gasteiger partial charge is 0.223 e. The fourth-order valence-electron chi connectivity index (χ4n) is 2.23. The molecule has 0 aromatic carbocycles. The highest BCUT2D eigenvalue weighted by Crippen LogP contribution is 2.35. The Bertz CT molecular complexity index is 325. The lowest BCUT2D eigenvalue weighted by Gasteiger charge is -2.34. The summed E-state index contributed by atoms with van der Waals surface area (Å²) in [6.45, 7) is 1.07. The lowest BCUT2D eigenvalue weighted by atomic mass is 9.80. The van der Waals surface area contributed by atoms with Gasteiger partial charge in [0.2, 0.25) is 5.95 Å². The monoisotopic (exact) mass is 194 g/mol. The Morgan fingerprint density at radius 1 is 1.43 bits per heavy atom. The zero-order chi connectivity index (χ0) is 9.54. The van der Waals surface area contributed by atoms with Gasteiger partial charge in [0.25, 0.3) is 0 Å². The molecule has 1 aliphatic carbocycles. The molecule has 3 unspecified atom stereocenters. The Morgan fingerprint density at radius 3 is 2.79 bits per heavy atom. The minimum Gasteiger partial charge on any atom is -0.350 e. The van der Waals surface area contributed by atoms with Crippen molar-refractivity contribution in [2.45, 2.75) is 18.5 Å². The van der Waals surface area contributed by atoms with Crippen molar-refractivity contribution in [3.63, 3.8) is 0 Å². The van der Waals surface area contributed by atoms with Crippen LogP contribution in [0.25, 0.3) is 0 Å².